The lowest BCUT2D eigenvalue weighted by Crippen LogP contribution is -2.32. The van der Waals surface area contributed by atoms with Crippen LogP contribution in [0.3, 0.4) is 0 Å². The summed E-state index contributed by atoms with van der Waals surface area (Å²) in [6.45, 7) is -1.17. The number of aromatic amines is 1. The molecule has 0 atom stereocenters. The van der Waals surface area contributed by atoms with Crippen LogP contribution in [0, 0.1) is 0 Å². The second-order valence-corrected chi connectivity index (χ2v) is 3.61. The summed E-state index contributed by atoms with van der Waals surface area (Å²) < 4.78 is 75.8. The Morgan fingerprint density at radius 3 is 2.27 bits per heavy atom. The second kappa shape index (κ2) is 6.03. The largest absolute Gasteiger partial charge is 0.490 e. The van der Waals surface area contributed by atoms with Crippen molar-refractivity contribution in [1.82, 2.24) is 9.97 Å². The number of hydrogen-bond acceptors (Lipinski definition) is 5. The summed E-state index contributed by atoms with van der Waals surface area (Å²) in [4.78, 5) is 36.8. The van der Waals surface area contributed by atoms with Gasteiger partial charge in [-0.05, 0) is 0 Å². The summed E-state index contributed by atoms with van der Waals surface area (Å²) in [6, 6.07) is 0. The standard InChI is InChI=1S/C9H5F6N3O4/c10-8(11,12)5(19)17-4-3(1-16-7(21)18-4)2-22-6(20)9(13,14)15/h1H,2H2,(H2,16,17,18,19,21). The van der Waals surface area contributed by atoms with Crippen LogP contribution in [0.15, 0.2) is 11.0 Å². The first-order valence-electron chi connectivity index (χ1n) is 5.11. The van der Waals surface area contributed by atoms with Crippen LogP contribution in [0.1, 0.15) is 5.56 Å². The number of hydrogen-bond donors (Lipinski definition) is 2. The molecule has 1 heterocycles. The molecule has 7 nitrogen and oxygen atoms in total. The predicted octanol–water partition coefficient (Wildman–Crippen LogP) is 0.876. The molecule has 0 bridgehead atoms. The molecule has 1 aromatic heterocycles. The van der Waals surface area contributed by atoms with Gasteiger partial charge in [0.25, 0.3) is 0 Å². The fourth-order valence-electron chi connectivity index (χ4n) is 1.05. The molecular formula is C9H5F6N3O4. The molecule has 0 aliphatic heterocycles. The normalized spacial score (nSPS) is 11.9. The fraction of sp³-hybridized carbons (Fsp3) is 0.333. The van der Waals surface area contributed by atoms with Gasteiger partial charge in [-0.1, -0.05) is 0 Å². The second-order valence-electron chi connectivity index (χ2n) is 3.61. The molecule has 0 aromatic carbocycles. The highest BCUT2D eigenvalue weighted by Crippen LogP contribution is 2.21. The Balaban J connectivity index is 2.95. The molecule has 1 amide bonds. The predicted molar refractivity (Wildman–Crippen MR) is 55.4 cm³/mol. The number of H-pyrrole nitrogens is 1. The number of ether oxygens (including phenoxy) is 1. The first-order valence-corrected chi connectivity index (χ1v) is 5.11. The minimum Gasteiger partial charge on any atom is -0.454 e. The molecule has 1 rings (SSSR count). The van der Waals surface area contributed by atoms with Gasteiger partial charge in [0.1, 0.15) is 12.4 Å². The Bertz CT molecular complexity index is 635. The average Bonchev–Trinajstić information content (AvgIpc) is 2.35. The maximum atomic E-state index is 12.1. The number of nitrogens with one attached hydrogen (secondary N) is 2. The van der Waals surface area contributed by atoms with Crippen molar-refractivity contribution in [2.75, 3.05) is 5.32 Å². The van der Waals surface area contributed by atoms with Gasteiger partial charge in [-0.3, -0.25) is 9.78 Å². The van der Waals surface area contributed by atoms with Gasteiger partial charge in [0, 0.05) is 11.8 Å². The van der Waals surface area contributed by atoms with E-state index in [1.807, 2.05) is 0 Å². The first-order chi connectivity index (χ1) is 9.91. The highest BCUT2D eigenvalue weighted by molar-refractivity contribution is 5.94. The maximum Gasteiger partial charge on any atom is 0.490 e. The van der Waals surface area contributed by atoms with E-state index in [1.165, 1.54) is 5.32 Å². The summed E-state index contributed by atoms with van der Waals surface area (Å²) in [6.07, 6.45) is -10.1. The molecule has 1 aromatic rings. The van der Waals surface area contributed by atoms with E-state index in [9.17, 15) is 40.7 Å². The molecule has 122 valence electrons. The monoisotopic (exact) mass is 333 g/mol. The summed E-state index contributed by atoms with van der Waals surface area (Å²) in [5.41, 5.74) is -1.75. The zero-order chi connectivity index (χ0) is 17.1. The Kier molecular flexibility index (Phi) is 4.78. The molecular weight excluding hydrogens is 328 g/mol. The average molecular weight is 333 g/mol. The highest BCUT2D eigenvalue weighted by Gasteiger charge is 2.41. The van der Waals surface area contributed by atoms with E-state index < -0.39 is 47.9 Å². The van der Waals surface area contributed by atoms with Crippen molar-refractivity contribution < 1.29 is 40.7 Å². The zero-order valence-corrected chi connectivity index (χ0v) is 10.1. The molecule has 0 saturated carbocycles. The number of esters is 1. The van der Waals surface area contributed by atoms with Crippen molar-refractivity contribution in [3.63, 3.8) is 0 Å². The van der Waals surface area contributed by atoms with Crippen LogP contribution in [0.4, 0.5) is 32.2 Å². The van der Waals surface area contributed by atoms with E-state index in [0.29, 0.717) is 6.20 Å². The number of rotatable bonds is 3. The molecule has 22 heavy (non-hydrogen) atoms. The summed E-state index contributed by atoms with van der Waals surface area (Å²) in [5.74, 6) is -5.98. The summed E-state index contributed by atoms with van der Waals surface area (Å²) in [5, 5.41) is 1.22. The van der Waals surface area contributed by atoms with Crippen LogP contribution < -0.4 is 11.0 Å². The van der Waals surface area contributed by atoms with Gasteiger partial charge in [-0.2, -0.15) is 26.3 Å². The maximum absolute atomic E-state index is 12.1. The lowest BCUT2D eigenvalue weighted by molar-refractivity contribution is -0.201. The number of carbonyl (C=O) groups excluding carboxylic acids is 2. The minimum absolute atomic E-state index is 0.550. The Hall–Kier alpha value is -2.60. The van der Waals surface area contributed by atoms with E-state index in [-0.39, 0.29) is 0 Å². The van der Waals surface area contributed by atoms with Crippen LogP contribution in [-0.4, -0.2) is 34.2 Å². The Morgan fingerprint density at radius 1 is 1.18 bits per heavy atom. The molecule has 0 aliphatic carbocycles. The van der Waals surface area contributed by atoms with Crippen LogP contribution in [0.2, 0.25) is 0 Å². The van der Waals surface area contributed by atoms with E-state index in [2.05, 4.69) is 9.72 Å². The van der Waals surface area contributed by atoms with Crippen molar-refractivity contribution in [2.45, 2.75) is 19.0 Å². The zero-order valence-electron chi connectivity index (χ0n) is 10.1. The third-order valence-corrected chi connectivity index (χ3v) is 1.98. The third kappa shape index (κ3) is 4.75. The van der Waals surface area contributed by atoms with Gasteiger partial charge in [0.2, 0.25) is 0 Å². The van der Waals surface area contributed by atoms with Crippen molar-refractivity contribution in [1.29, 1.82) is 0 Å². The molecule has 0 fully saturated rings. The molecule has 2 N–H and O–H groups in total. The number of anilines is 1. The van der Waals surface area contributed by atoms with Crippen molar-refractivity contribution >= 4 is 17.7 Å². The molecule has 0 unspecified atom stereocenters. The van der Waals surface area contributed by atoms with E-state index in [1.54, 1.807) is 4.98 Å². The van der Waals surface area contributed by atoms with E-state index in [4.69, 9.17) is 0 Å². The minimum atomic E-state index is -5.31. The van der Waals surface area contributed by atoms with Gasteiger partial charge in [0.05, 0.1) is 0 Å². The number of aromatic nitrogens is 2. The smallest absolute Gasteiger partial charge is 0.454 e. The lowest BCUT2D eigenvalue weighted by Gasteiger charge is -2.12. The van der Waals surface area contributed by atoms with Gasteiger partial charge in [-0.15, -0.1) is 0 Å². The molecule has 0 spiro atoms. The van der Waals surface area contributed by atoms with Crippen LogP contribution in [-0.2, 0) is 20.9 Å². The Morgan fingerprint density at radius 2 is 1.77 bits per heavy atom. The summed E-state index contributed by atoms with van der Waals surface area (Å²) in [7, 11) is 0. The molecule has 0 aliphatic rings. The van der Waals surface area contributed by atoms with Crippen LogP contribution in [0.25, 0.3) is 0 Å². The van der Waals surface area contributed by atoms with E-state index in [0.717, 1.165) is 0 Å². The number of halogens is 6. The summed E-state index contributed by atoms with van der Waals surface area (Å²) >= 11 is 0. The molecule has 13 heteroatoms. The third-order valence-electron chi connectivity index (χ3n) is 1.98. The topological polar surface area (TPSA) is 101 Å². The quantitative estimate of drug-likeness (QED) is 0.632. The fourth-order valence-corrected chi connectivity index (χ4v) is 1.05. The first kappa shape index (κ1) is 17.5. The number of carbonyl (C=O) groups is 2. The van der Waals surface area contributed by atoms with Gasteiger partial charge < -0.3 is 10.1 Å². The highest BCUT2D eigenvalue weighted by atomic mass is 19.4. The van der Waals surface area contributed by atoms with Crippen molar-refractivity contribution in [3.8, 4) is 0 Å². The van der Waals surface area contributed by atoms with Crippen LogP contribution >= 0.6 is 0 Å². The molecule has 0 radical (unpaired) electrons. The Labute approximate surface area is 116 Å². The molecule has 0 saturated heterocycles. The number of amides is 1. The van der Waals surface area contributed by atoms with E-state index >= 15 is 0 Å². The number of nitrogens with zero attached hydrogens (tertiary/aromatic N) is 1. The van der Waals surface area contributed by atoms with Crippen molar-refractivity contribution in [3.05, 3.63) is 22.2 Å². The van der Waals surface area contributed by atoms with Gasteiger partial charge >= 0.3 is 29.9 Å². The number of alkyl halides is 6. The van der Waals surface area contributed by atoms with Crippen LogP contribution in [0.5, 0.6) is 0 Å². The van der Waals surface area contributed by atoms with Gasteiger partial charge in [-0.25, -0.2) is 14.6 Å². The SMILES string of the molecule is O=C(Nc1[nH]c(=O)ncc1COC(=O)C(F)(F)F)C(F)(F)F. The van der Waals surface area contributed by atoms with Crippen molar-refractivity contribution in [2.24, 2.45) is 0 Å². The van der Waals surface area contributed by atoms with Gasteiger partial charge in [0.15, 0.2) is 0 Å². The lowest BCUT2D eigenvalue weighted by atomic mass is 10.3.